The van der Waals surface area contributed by atoms with Gasteiger partial charge in [0.2, 0.25) is 0 Å². The van der Waals surface area contributed by atoms with E-state index in [-0.39, 0.29) is 5.91 Å². The number of aromatic nitrogens is 3. The van der Waals surface area contributed by atoms with Gasteiger partial charge in [-0.05, 0) is 45.2 Å². The summed E-state index contributed by atoms with van der Waals surface area (Å²) in [6.07, 6.45) is 3.37. The first-order valence-electron chi connectivity index (χ1n) is 7.45. The molecule has 2 aromatic rings. The van der Waals surface area contributed by atoms with Crippen molar-refractivity contribution in [3.8, 4) is 5.69 Å². The van der Waals surface area contributed by atoms with E-state index in [0.717, 1.165) is 31.6 Å². The number of amides is 1. The molecule has 0 unspecified atom stereocenters. The van der Waals surface area contributed by atoms with Crippen LogP contribution < -0.4 is 0 Å². The van der Waals surface area contributed by atoms with Gasteiger partial charge in [-0.2, -0.15) is 9.90 Å². The van der Waals surface area contributed by atoms with Gasteiger partial charge in [0.1, 0.15) is 0 Å². The third-order valence-corrected chi connectivity index (χ3v) is 3.89. The van der Waals surface area contributed by atoms with Crippen molar-refractivity contribution in [2.45, 2.75) is 33.1 Å². The lowest BCUT2D eigenvalue weighted by molar-refractivity contribution is 0.0717. The van der Waals surface area contributed by atoms with Gasteiger partial charge in [-0.3, -0.25) is 4.79 Å². The molecule has 1 aromatic heterocycles. The Balaban J connectivity index is 1.87. The molecule has 21 heavy (non-hydrogen) atoms. The van der Waals surface area contributed by atoms with Gasteiger partial charge in [0, 0.05) is 13.1 Å². The zero-order valence-electron chi connectivity index (χ0n) is 12.5. The van der Waals surface area contributed by atoms with Crippen LogP contribution in [0.4, 0.5) is 0 Å². The molecule has 1 aliphatic heterocycles. The summed E-state index contributed by atoms with van der Waals surface area (Å²) in [6.45, 7) is 5.54. The van der Waals surface area contributed by atoms with E-state index in [0.29, 0.717) is 11.4 Å². The van der Waals surface area contributed by atoms with E-state index >= 15 is 0 Å². The maximum Gasteiger partial charge on any atom is 0.276 e. The van der Waals surface area contributed by atoms with Crippen LogP contribution in [0.2, 0.25) is 0 Å². The van der Waals surface area contributed by atoms with Crippen molar-refractivity contribution < 1.29 is 4.79 Å². The molecule has 0 bridgehead atoms. The fourth-order valence-electron chi connectivity index (χ4n) is 2.62. The van der Waals surface area contributed by atoms with Crippen LogP contribution >= 0.6 is 0 Å². The van der Waals surface area contributed by atoms with Gasteiger partial charge in [-0.25, -0.2) is 0 Å². The van der Waals surface area contributed by atoms with Crippen LogP contribution in [0.15, 0.2) is 24.3 Å². The van der Waals surface area contributed by atoms with Gasteiger partial charge in [0.25, 0.3) is 5.91 Å². The zero-order valence-corrected chi connectivity index (χ0v) is 12.5. The predicted octanol–water partition coefficient (Wildman–Crippen LogP) is 2.51. The average Bonchev–Trinajstić information content (AvgIpc) is 2.90. The number of rotatable bonds is 2. The number of benzene rings is 1. The minimum atomic E-state index is 0.00515. The molecule has 0 N–H and O–H groups in total. The van der Waals surface area contributed by atoms with Gasteiger partial charge in [-0.1, -0.05) is 17.7 Å². The monoisotopic (exact) mass is 284 g/mol. The zero-order chi connectivity index (χ0) is 14.8. The normalized spacial score (nSPS) is 15.2. The lowest BCUT2D eigenvalue weighted by Gasteiger charge is -2.25. The second-order valence-corrected chi connectivity index (χ2v) is 5.61. The van der Waals surface area contributed by atoms with Gasteiger partial charge in [0.05, 0.1) is 11.4 Å². The molecule has 110 valence electrons. The SMILES string of the molecule is Cc1ccc(-n2nc(C)c(C(=O)N3CCCCC3)n2)cc1. The Morgan fingerprint density at radius 3 is 2.33 bits per heavy atom. The van der Waals surface area contributed by atoms with E-state index in [2.05, 4.69) is 10.2 Å². The quantitative estimate of drug-likeness (QED) is 0.851. The molecular formula is C16H20N4O. The molecule has 1 aliphatic rings. The minimum Gasteiger partial charge on any atom is -0.337 e. The van der Waals surface area contributed by atoms with Crippen molar-refractivity contribution in [1.29, 1.82) is 0 Å². The van der Waals surface area contributed by atoms with Crippen LogP contribution in [0, 0.1) is 13.8 Å². The molecule has 2 heterocycles. The summed E-state index contributed by atoms with van der Waals surface area (Å²) in [6, 6.07) is 7.95. The smallest absolute Gasteiger partial charge is 0.276 e. The van der Waals surface area contributed by atoms with E-state index in [4.69, 9.17) is 0 Å². The van der Waals surface area contributed by atoms with Crippen molar-refractivity contribution in [3.05, 3.63) is 41.2 Å². The van der Waals surface area contributed by atoms with Crippen LogP contribution in [0.25, 0.3) is 5.69 Å². The molecule has 1 aromatic carbocycles. The molecule has 5 nitrogen and oxygen atoms in total. The van der Waals surface area contributed by atoms with Gasteiger partial charge >= 0.3 is 0 Å². The molecule has 0 radical (unpaired) electrons. The summed E-state index contributed by atoms with van der Waals surface area (Å²) in [5.74, 6) is 0.00515. The Bertz CT molecular complexity index is 639. The Morgan fingerprint density at radius 2 is 1.67 bits per heavy atom. The highest BCUT2D eigenvalue weighted by molar-refractivity contribution is 5.93. The van der Waals surface area contributed by atoms with Crippen molar-refractivity contribution in [1.82, 2.24) is 19.9 Å². The lowest BCUT2D eigenvalue weighted by atomic mass is 10.1. The van der Waals surface area contributed by atoms with Crippen LogP contribution in [0.1, 0.15) is 41.0 Å². The number of nitrogens with zero attached hydrogens (tertiary/aromatic N) is 4. The molecule has 1 amide bonds. The summed E-state index contributed by atoms with van der Waals surface area (Å²) in [4.78, 5) is 16.0. The van der Waals surface area contributed by atoms with E-state index in [1.54, 1.807) is 4.80 Å². The highest BCUT2D eigenvalue weighted by Gasteiger charge is 2.23. The summed E-state index contributed by atoms with van der Waals surface area (Å²) >= 11 is 0. The summed E-state index contributed by atoms with van der Waals surface area (Å²) in [7, 11) is 0. The van der Waals surface area contributed by atoms with E-state index in [9.17, 15) is 4.79 Å². The van der Waals surface area contributed by atoms with Gasteiger partial charge in [0.15, 0.2) is 5.69 Å². The van der Waals surface area contributed by atoms with Crippen LogP contribution in [-0.4, -0.2) is 38.9 Å². The number of likely N-dealkylation sites (tertiary alicyclic amines) is 1. The predicted molar refractivity (Wildman–Crippen MR) is 80.6 cm³/mol. The molecule has 1 fully saturated rings. The third kappa shape index (κ3) is 2.82. The third-order valence-electron chi connectivity index (χ3n) is 3.89. The Kier molecular flexibility index (Phi) is 3.73. The fourth-order valence-corrected chi connectivity index (χ4v) is 2.62. The molecule has 0 spiro atoms. The summed E-state index contributed by atoms with van der Waals surface area (Å²) < 4.78 is 0. The number of aryl methyl sites for hydroxylation is 2. The standard InChI is InChI=1S/C16H20N4O/c1-12-6-8-14(9-7-12)20-17-13(2)15(18-20)16(21)19-10-4-3-5-11-19/h6-9H,3-5,10-11H2,1-2H3. The van der Waals surface area contributed by atoms with Crippen molar-refractivity contribution in [2.75, 3.05) is 13.1 Å². The molecule has 0 aliphatic carbocycles. The topological polar surface area (TPSA) is 51.0 Å². The van der Waals surface area contributed by atoms with Crippen molar-refractivity contribution in [2.24, 2.45) is 0 Å². The second kappa shape index (κ2) is 5.68. The van der Waals surface area contributed by atoms with Crippen LogP contribution in [0.3, 0.4) is 0 Å². The number of piperidine rings is 1. The summed E-state index contributed by atoms with van der Waals surface area (Å²) in [5.41, 5.74) is 3.22. The highest BCUT2D eigenvalue weighted by atomic mass is 16.2. The highest BCUT2D eigenvalue weighted by Crippen LogP contribution is 2.15. The first-order chi connectivity index (χ1) is 10.1. The molecule has 0 atom stereocenters. The Labute approximate surface area is 124 Å². The molecule has 0 saturated carbocycles. The first-order valence-corrected chi connectivity index (χ1v) is 7.45. The minimum absolute atomic E-state index is 0.00515. The second-order valence-electron chi connectivity index (χ2n) is 5.61. The first kappa shape index (κ1) is 13.8. The molecule has 1 saturated heterocycles. The van der Waals surface area contributed by atoms with Crippen LogP contribution in [0.5, 0.6) is 0 Å². The van der Waals surface area contributed by atoms with E-state index in [1.165, 1.54) is 12.0 Å². The van der Waals surface area contributed by atoms with Gasteiger partial charge in [-0.15, -0.1) is 5.10 Å². The number of carbonyl (C=O) groups is 1. The van der Waals surface area contributed by atoms with Crippen LogP contribution in [-0.2, 0) is 0 Å². The molecule has 3 rings (SSSR count). The Hall–Kier alpha value is -2.17. The van der Waals surface area contributed by atoms with E-state index < -0.39 is 0 Å². The number of carbonyl (C=O) groups excluding carboxylic acids is 1. The van der Waals surface area contributed by atoms with E-state index in [1.807, 2.05) is 43.0 Å². The number of hydrogen-bond acceptors (Lipinski definition) is 3. The number of hydrogen-bond donors (Lipinski definition) is 0. The lowest BCUT2D eigenvalue weighted by Crippen LogP contribution is -2.36. The van der Waals surface area contributed by atoms with Crippen molar-refractivity contribution in [3.63, 3.8) is 0 Å². The summed E-state index contributed by atoms with van der Waals surface area (Å²) in [5, 5.41) is 8.78. The van der Waals surface area contributed by atoms with Crippen molar-refractivity contribution >= 4 is 5.91 Å². The Morgan fingerprint density at radius 1 is 1.00 bits per heavy atom. The molecular weight excluding hydrogens is 264 g/mol. The average molecular weight is 284 g/mol. The largest absolute Gasteiger partial charge is 0.337 e. The molecule has 5 heteroatoms. The fraction of sp³-hybridized carbons (Fsp3) is 0.438. The maximum absolute atomic E-state index is 12.5. The van der Waals surface area contributed by atoms with Gasteiger partial charge < -0.3 is 4.90 Å². The maximum atomic E-state index is 12.5.